The minimum absolute atomic E-state index is 0.0873. The molecular weight excluding hydrogens is 728 g/mol. The number of carbonyl (C=O) groups is 1. The Morgan fingerprint density at radius 1 is 0.907 bits per heavy atom. The maximum atomic E-state index is 14.2. The molecule has 0 bridgehead atoms. The largest absolute Gasteiger partial charge is 0.493 e. The molecule has 1 N–H and O–H groups in total. The first-order valence-electron chi connectivity index (χ1n) is 18.4. The molecule has 54 heavy (non-hydrogen) atoms. The average molecular weight is 775 g/mol. The summed E-state index contributed by atoms with van der Waals surface area (Å²) in [7, 11) is 4.65. The van der Waals surface area contributed by atoms with E-state index in [9.17, 15) is 9.18 Å². The number of hydrogen-bond donors (Lipinski definition) is 1. The van der Waals surface area contributed by atoms with Crippen LogP contribution in [0, 0.1) is 5.82 Å². The van der Waals surface area contributed by atoms with Crippen LogP contribution in [-0.4, -0.2) is 85.4 Å². The monoisotopic (exact) mass is 773 g/mol. The molecule has 12 heteroatoms. The van der Waals surface area contributed by atoms with Crippen LogP contribution in [0.4, 0.5) is 10.3 Å². The van der Waals surface area contributed by atoms with Gasteiger partial charge in [0.2, 0.25) is 11.7 Å². The first kappa shape index (κ1) is 37.8. The summed E-state index contributed by atoms with van der Waals surface area (Å²) in [6, 6.07) is 24.4. The molecule has 2 fully saturated rings. The number of amides is 1. The Hall–Kier alpha value is -4.51. The molecular formula is C42H46Cl2FN5O4. The summed E-state index contributed by atoms with van der Waals surface area (Å²) in [6.07, 6.45) is 4.56. The standard InChI is InChI=1S/C42H46Cl2FN5O4/c1-52-37-23-29(24-38(53-2)39(37)54-3)40(51)49-19-6-17-42(27-49,30-11-14-33(43)34(44)25-30)18-22-48-20-15-32(16-21-48)46-41-47-35-7-4-5-8-36(35)50(41)26-28-9-12-31(45)13-10-28/h4-5,7-14,23-25,32H,6,15-22,26-27H2,1-3H3,(H,46,47). The molecule has 0 radical (unpaired) electrons. The van der Waals surface area contributed by atoms with Crippen LogP contribution in [0.5, 0.6) is 17.2 Å². The molecule has 284 valence electrons. The predicted molar refractivity (Wildman–Crippen MR) is 212 cm³/mol. The number of nitrogens with zero attached hydrogens (tertiary/aromatic N) is 4. The lowest BCUT2D eigenvalue weighted by Crippen LogP contribution is -2.50. The van der Waals surface area contributed by atoms with Gasteiger partial charge in [0.25, 0.3) is 5.91 Å². The van der Waals surface area contributed by atoms with Gasteiger partial charge < -0.3 is 33.9 Å². The SMILES string of the molecule is COc1cc(C(=O)N2CCCC(CCN3CCC(Nc4nc5ccccc5n4Cc4ccc(F)cc4)CC3)(c3ccc(Cl)c(Cl)c3)C2)cc(OC)c1OC. The summed E-state index contributed by atoms with van der Waals surface area (Å²) in [5, 5.41) is 4.78. The summed E-state index contributed by atoms with van der Waals surface area (Å²) in [6.45, 7) is 4.52. The van der Waals surface area contributed by atoms with Gasteiger partial charge in [0, 0.05) is 43.2 Å². The molecule has 3 heterocycles. The van der Waals surface area contributed by atoms with Crippen LogP contribution in [-0.2, 0) is 12.0 Å². The Morgan fingerprint density at radius 2 is 1.63 bits per heavy atom. The number of fused-ring (bicyclic) bond motifs is 1. The van der Waals surface area contributed by atoms with Crippen LogP contribution < -0.4 is 19.5 Å². The van der Waals surface area contributed by atoms with Crippen molar-refractivity contribution >= 4 is 46.1 Å². The molecule has 2 aliphatic rings. The quantitative estimate of drug-likeness (QED) is 0.136. The summed E-state index contributed by atoms with van der Waals surface area (Å²) in [5.41, 5.74) is 4.24. The van der Waals surface area contributed by atoms with Crippen LogP contribution in [0.15, 0.2) is 78.9 Å². The van der Waals surface area contributed by atoms with Crippen LogP contribution >= 0.6 is 23.2 Å². The van der Waals surface area contributed by atoms with Crippen LogP contribution in [0.3, 0.4) is 0 Å². The Morgan fingerprint density at radius 3 is 2.31 bits per heavy atom. The average Bonchev–Trinajstić information content (AvgIpc) is 3.54. The molecule has 0 aliphatic carbocycles. The Kier molecular flexibility index (Phi) is 11.5. The second-order valence-electron chi connectivity index (χ2n) is 14.3. The fourth-order valence-corrected chi connectivity index (χ4v) is 8.37. The predicted octanol–water partition coefficient (Wildman–Crippen LogP) is 8.70. The minimum Gasteiger partial charge on any atom is -0.493 e. The van der Waals surface area contributed by atoms with Crippen molar-refractivity contribution in [3.63, 3.8) is 0 Å². The number of carbonyl (C=O) groups excluding carboxylic acids is 1. The lowest BCUT2D eigenvalue weighted by Gasteiger charge is -2.45. The van der Waals surface area contributed by atoms with Crippen molar-refractivity contribution in [3.05, 3.63) is 111 Å². The zero-order valence-corrected chi connectivity index (χ0v) is 32.4. The topological polar surface area (TPSA) is 81.1 Å². The van der Waals surface area contributed by atoms with E-state index < -0.39 is 0 Å². The number of benzene rings is 4. The number of aromatic nitrogens is 2. The number of para-hydroxylation sites is 2. The zero-order valence-electron chi connectivity index (χ0n) is 30.9. The maximum Gasteiger partial charge on any atom is 0.254 e. The number of anilines is 1. The van der Waals surface area contributed by atoms with Crippen molar-refractivity contribution in [2.24, 2.45) is 0 Å². The van der Waals surface area contributed by atoms with Gasteiger partial charge in [0.1, 0.15) is 5.82 Å². The van der Waals surface area contributed by atoms with Crippen molar-refractivity contribution in [3.8, 4) is 17.2 Å². The van der Waals surface area contributed by atoms with Crippen LogP contribution in [0.1, 0.15) is 53.6 Å². The highest BCUT2D eigenvalue weighted by Gasteiger charge is 2.40. The van der Waals surface area contributed by atoms with E-state index in [1.807, 2.05) is 47.4 Å². The van der Waals surface area contributed by atoms with Crippen molar-refractivity contribution in [1.82, 2.24) is 19.4 Å². The number of rotatable bonds is 12. The van der Waals surface area contributed by atoms with E-state index in [4.69, 9.17) is 42.4 Å². The van der Waals surface area contributed by atoms with Gasteiger partial charge in [-0.05, 0) is 98.3 Å². The first-order chi connectivity index (χ1) is 26.2. The van der Waals surface area contributed by atoms with Gasteiger partial charge in [-0.25, -0.2) is 9.37 Å². The number of ether oxygens (including phenoxy) is 3. The zero-order chi connectivity index (χ0) is 37.8. The van der Waals surface area contributed by atoms with Gasteiger partial charge in [-0.2, -0.15) is 0 Å². The molecule has 0 spiro atoms. The Balaban J connectivity index is 1.05. The van der Waals surface area contributed by atoms with E-state index in [1.54, 1.807) is 33.5 Å². The van der Waals surface area contributed by atoms with Gasteiger partial charge in [-0.1, -0.05) is 53.5 Å². The second-order valence-corrected chi connectivity index (χ2v) is 15.1. The third-order valence-corrected chi connectivity index (χ3v) is 11.8. The van der Waals surface area contributed by atoms with E-state index in [-0.39, 0.29) is 23.2 Å². The Bertz CT molecular complexity index is 2080. The molecule has 7 rings (SSSR count). The van der Waals surface area contributed by atoms with Gasteiger partial charge in [0.05, 0.1) is 49.0 Å². The lowest BCUT2D eigenvalue weighted by molar-refractivity contribution is 0.0606. The molecule has 4 aromatic carbocycles. The lowest BCUT2D eigenvalue weighted by atomic mass is 9.71. The molecule has 5 aromatic rings. The molecule has 9 nitrogen and oxygen atoms in total. The van der Waals surface area contributed by atoms with Crippen molar-refractivity contribution in [1.29, 1.82) is 0 Å². The van der Waals surface area contributed by atoms with E-state index in [1.165, 1.54) is 12.1 Å². The molecule has 1 unspecified atom stereocenters. The van der Waals surface area contributed by atoms with Gasteiger partial charge in [0.15, 0.2) is 11.5 Å². The van der Waals surface area contributed by atoms with Crippen molar-refractivity contribution in [2.45, 2.75) is 50.1 Å². The third kappa shape index (κ3) is 7.97. The molecule has 1 amide bonds. The van der Waals surface area contributed by atoms with E-state index in [0.29, 0.717) is 52.5 Å². The van der Waals surface area contributed by atoms with E-state index >= 15 is 0 Å². The summed E-state index contributed by atoms with van der Waals surface area (Å²) >= 11 is 13.0. The maximum absolute atomic E-state index is 14.2. The van der Waals surface area contributed by atoms with Gasteiger partial charge in [-0.3, -0.25) is 4.79 Å². The smallest absolute Gasteiger partial charge is 0.254 e. The highest BCUT2D eigenvalue weighted by atomic mass is 35.5. The molecule has 2 aliphatic heterocycles. The second kappa shape index (κ2) is 16.5. The number of methoxy groups -OCH3 is 3. The number of hydrogen-bond acceptors (Lipinski definition) is 7. The molecule has 2 saturated heterocycles. The van der Waals surface area contributed by atoms with Gasteiger partial charge >= 0.3 is 0 Å². The minimum atomic E-state index is -0.316. The van der Waals surface area contributed by atoms with Crippen molar-refractivity contribution < 1.29 is 23.4 Å². The number of nitrogens with one attached hydrogen (secondary N) is 1. The van der Waals surface area contributed by atoms with Gasteiger partial charge in [-0.15, -0.1) is 0 Å². The number of halogens is 3. The molecule has 1 aromatic heterocycles. The van der Waals surface area contributed by atoms with Crippen LogP contribution in [0.25, 0.3) is 11.0 Å². The normalized spacial score (nSPS) is 18.1. The Labute approximate surface area is 325 Å². The first-order valence-corrected chi connectivity index (χ1v) is 19.2. The number of imidazole rings is 1. The fraction of sp³-hybridized carbons (Fsp3) is 0.381. The molecule has 1 atom stereocenters. The summed E-state index contributed by atoms with van der Waals surface area (Å²) in [5.74, 6) is 1.83. The number of piperidine rings is 2. The fourth-order valence-electron chi connectivity index (χ4n) is 8.08. The van der Waals surface area contributed by atoms with E-state index in [0.717, 1.165) is 79.8 Å². The summed E-state index contributed by atoms with van der Waals surface area (Å²) in [4.78, 5) is 23.6. The van der Waals surface area contributed by atoms with E-state index in [2.05, 4.69) is 26.9 Å². The highest BCUT2D eigenvalue weighted by Crippen LogP contribution is 2.42. The summed E-state index contributed by atoms with van der Waals surface area (Å²) < 4.78 is 32.4. The van der Waals surface area contributed by atoms with Crippen molar-refractivity contribution in [2.75, 3.05) is 59.4 Å². The molecule has 0 saturated carbocycles. The van der Waals surface area contributed by atoms with Crippen LogP contribution in [0.2, 0.25) is 10.0 Å². The highest BCUT2D eigenvalue weighted by molar-refractivity contribution is 6.42. The third-order valence-electron chi connectivity index (χ3n) is 11.0. The number of likely N-dealkylation sites (tertiary alicyclic amines) is 2.